The molecule has 3 aromatic rings. The number of hydrogen-bond acceptors (Lipinski definition) is 4. The summed E-state index contributed by atoms with van der Waals surface area (Å²) in [6.07, 6.45) is -12.6. The molecule has 2 unspecified atom stereocenters. The molecule has 0 bridgehead atoms. The van der Waals surface area contributed by atoms with Crippen LogP contribution in [0.3, 0.4) is 0 Å². The SMILES string of the molecule is CC1CC(c2ccc(C(OCc3ccccc3)(C(F)(F)F)C(F)(F)F)cc2)(S(=O)(=O)c2ccc(F)cc2)CCC1=O. The number of alkyl halides is 6. The molecule has 1 fully saturated rings. The van der Waals surface area contributed by atoms with Crippen molar-refractivity contribution in [2.45, 2.75) is 60.4 Å². The molecule has 0 radical (unpaired) electrons. The van der Waals surface area contributed by atoms with Gasteiger partial charge in [-0.1, -0.05) is 61.5 Å². The zero-order valence-corrected chi connectivity index (χ0v) is 22.4. The molecule has 0 amide bonds. The zero-order chi connectivity index (χ0) is 30.3. The normalized spacial score (nSPS) is 20.7. The molecule has 4 rings (SSSR count). The quantitative estimate of drug-likeness (QED) is 0.209. The fourth-order valence-electron chi connectivity index (χ4n) is 5.29. The van der Waals surface area contributed by atoms with Crippen molar-refractivity contribution in [3.63, 3.8) is 0 Å². The number of benzene rings is 3. The Morgan fingerprint density at radius 1 is 0.854 bits per heavy atom. The Labute approximate surface area is 232 Å². The minimum atomic E-state index is -5.94. The van der Waals surface area contributed by atoms with Crippen molar-refractivity contribution in [2.24, 2.45) is 5.92 Å². The standard InChI is InChI=1S/C29H25F7O4S/c1-19-17-26(16-15-25(19)37,41(38,39)24-13-11-23(30)12-14-24)21-7-9-22(10-8-21)27(28(31,32)33,29(34,35)36)40-18-20-5-3-2-4-6-20/h2-14,19H,15-18H2,1H3. The first-order valence-electron chi connectivity index (χ1n) is 12.5. The molecule has 220 valence electrons. The smallest absolute Gasteiger partial charge is 0.349 e. The Hall–Kier alpha value is -3.25. The third-order valence-electron chi connectivity index (χ3n) is 7.51. The minimum Gasteiger partial charge on any atom is -0.349 e. The van der Waals surface area contributed by atoms with E-state index >= 15 is 0 Å². The number of ketones is 1. The summed E-state index contributed by atoms with van der Waals surface area (Å²) >= 11 is 0. The summed E-state index contributed by atoms with van der Waals surface area (Å²) in [7, 11) is -4.40. The number of carbonyl (C=O) groups excluding carboxylic acids is 1. The lowest BCUT2D eigenvalue weighted by Gasteiger charge is -2.40. The molecule has 41 heavy (non-hydrogen) atoms. The first-order valence-corrected chi connectivity index (χ1v) is 14.0. The summed E-state index contributed by atoms with van der Waals surface area (Å²) < 4.78 is 130. The highest BCUT2D eigenvalue weighted by molar-refractivity contribution is 7.92. The highest BCUT2D eigenvalue weighted by Gasteiger charge is 2.73. The van der Waals surface area contributed by atoms with Gasteiger partial charge in [-0.2, -0.15) is 26.3 Å². The van der Waals surface area contributed by atoms with Gasteiger partial charge in [0, 0.05) is 17.9 Å². The number of halogens is 7. The van der Waals surface area contributed by atoms with Crippen LogP contribution in [0.4, 0.5) is 30.7 Å². The Morgan fingerprint density at radius 2 is 1.41 bits per heavy atom. The van der Waals surface area contributed by atoms with Crippen LogP contribution in [-0.2, 0) is 36.3 Å². The first kappa shape index (κ1) is 30.7. The number of rotatable bonds is 7. The van der Waals surface area contributed by atoms with Gasteiger partial charge in [-0.25, -0.2) is 12.8 Å². The lowest BCUT2D eigenvalue weighted by molar-refractivity contribution is -0.392. The third kappa shape index (κ3) is 5.39. The molecule has 0 aromatic heterocycles. The van der Waals surface area contributed by atoms with E-state index in [1.165, 1.54) is 31.2 Å². The number of sulfone groups is 1. The zero-order valence-electron chi connectivity index (χ0n) is 21.6. The van der Waals surface area contributed by atoms with Gasteiger partial charge in [0.2, 0.25) is 0 Å². The Bertz CT molecular complexity index is 1470. The van der Waals surface area contributed by atoms with Gasteiger partial charge in [-0.05, 0) is 48.2 Å². The Balaban J connectivity index is 1.85. The summed E-state index contributed by atoms with van der Waals surface area (Å²) in [5.74, 6) is -1.70. The Morgan fingerprint density at radius 3 is 1.93 bits per heavy atom. The van der Waals surface area contributed by atoms with Crippen molar-refractivity contribution in [1.82, 2.24) is 0 Å². The van der Waals surface area contributed by atoms with Crippen molar-refractivity contribution in [2.75, 3.05) is 0 Å². The molecule has 0 aliphatic heterocycles. The Kier molecular flexibility index (Phi) is 8.14. The average Bonchev–Trinajstić information content (AvgIpc) is 2.90. The van der Waals surface area contributed by atoms with Gasteiger partial charge in [-0.15, -0.1) is 0 Å². The van der Waals surface area contributed by atoms with E-state index in [4.69, 9.17) is 0 Å². The van der Waals surface area contributed by atoms with E-state index in [0.29, 0.717) is 12.1 Å². The molecular weight excluding hydrogens is 577 g/mol. The summed E-state index contributed by atoms with van der Waals surface area (Å²) in [6, 6.07) is 13.9. The highest BCUT2D eigenvalue weighted by Crippen LogP contribution is 2.54. The largest absolute Gasteiger partial charge is 0.430 e. The summed E-state index contributed by atoms with van der Waals surface area (Å²) in [6.45, 7) is 0.491. The van der Waals surface area contributed by atoms with E-state index in [1.807, 2.05) is 0 Å². The van der Waals surface area contributed by atoms with Crippen LogP contribution in [0.1, 0.15) is 42.9 Å². The maximum Gasteiger partial charge on any atom is 0.430 e. The second-order valence-electron chi connectivity index (χ2n) is 10.1. The summed E-state index contributed by atoms with van der Waals surface area (Å²) in [5.41, 5.74) is -6.02. The molecule has 1 aliphatic rings. The molecule has 4 nitrogen and oxygen atoms in total. The van der Waals surface area contributed by atoms with Crippen LogP contribution in [-0.4, -0.2) is 26.6 Å². The lowest BCUT2D eigenvalue weighted by Crippen LogP contribution is -2.55. The van der Waals surface area contributed by atoms with Crippen LogP contribution >= 0.6 is 0 Å². The van der Waals surface area contributed by atoms with Gasteiger partial charge in [0.05, 0.1) is 11.5 Å². The van der Waals surface area contributed by atoms with E-state index in [9.17, 15) is 43.9 Å². The molecule has 12 heteroatoms. The fourth-order valence-corrected chi connectivity index (χ4v) is 7.52. The maximum absolute atomic E-state index is 14.3. The molecule has 1 aliphatic carbocycles. The van der Waals surface area contributed by atoms with E-state index in [0.717, 1.165) is 36.4 Å². The minimum absolute atomic E-state index is 0.0761. The summed E-state index contributed by atoms with van der Waals surface area (Å²) in [4.78, 5) is 12.0. The van der Waals surface area contributed by atoms with Crippen LogP contribution in [0.25, 0.3) is 0 Å². The van der Waals surface area contributed by atoms with E-state index in [1.54, 1.807) is 6.07 Å². The van der Waals surface area contributed by atoms with Crippen molar-refractivity contribution >= 4 is 15.6 Å². The van der Waals surface area contributed by atoms with Gasteiger partial charge in [-0.3, -0.25) is 4.79 Å². The molecule has 0 N–H and O–H groups in total. The van der Waals surface area contributed by atoms with Gasteiger partial charge in [0.25, 0.3) is 5.60 Å². The second kappa shape index (κ2) is 10.9. The van der Waals surface area contributed by atoms with E-state index in [2.05, 4.69) is 4.74 Å². The van der Waals surface area contributed by atoms with E-state index < -0.39 is 56.4 Å². The number of ether oxygens (including phenoxy) is 1. The molecule has 3 aromatic carbocycles. The van der Waals surface area contributed by atoms with Crippen molar-refractivity contribution in [1.29, 1.82) is 0 Å². The maximum atomic E-state index is 14.3. The van der Waals surface area contributed by atoms with Crippen LogP contribution in [0.15, 0.2) is 83.8 Å². The monoisotopic (exact) mass is 602 g/mol. The van der Waals surface area contributed by atoms with Crippen LogP contribution < -0.4 is 0 Å². The molecular formula is C29H25F7O4S. The average molecular weight is 603 g/mol. The van der Waals surface area contributed by atoms with Crippen LogP contribution in [0.2, 0.25) is 0 Å². The molecule has 1 saturated carbocycles. The predicted octanol–water partition coefficient (Wildman–Crippen LogP) is 7.42. The topological polar surface area (TPSA) is 60.4 Å². The number of Topliss-reactive ketones (excluding diaryl/α,β-unsaturated/α-hetero) is 1. The third-order valence-corrected chi connectivity index (χ3v) is 10.0. The van der Waals surface area contributed by atoms with Gasteiger partial charge in [0.1, 0.15) is 16.3 Å². The molecule has 0 heterocycles. The van der Waals surface area contributed by atoms with Gasteiger partial charge < -0.3 is 4.74 Å². The number of hydrogen-bond donors (Lipinski definition) is 0. The first-order chi connectivity index (χ1) is 19.0. The predicted molar refractivity (Wildman–Crippen MR) is 135 cm³/mol. The fraction of sp³-hybridized carbons (Fsp3) is 0.345. The van der Waals surface area contributed by atoms with E-state index in [-0.39, 0.29) is 41.1 Å². The highest BCUT2D eigenvalue weighted by atomic mass is 32.2. The van der Waals surface area contributed by atoms with Gasteiger partial charge >= 0.3 is 12.4 Å². The lowest BCUT2D eigenvalue weighted by atomic mass is 9.76. The second-order valence-corrected chi connectivity index (χ2v) is 12.3. The molecule has 0 spiro atoms. The van der Waals surface area contributed by atoms with Crippen molar-refractivity contribution in [3.8, 4) is 0 Å². The van der Waals surface area contributed by atoms with Crippen molar-refractivity contribution < 1.29 is 48.7 Å². The van der Waals surface area contributed by atoms with Crippen LogP contribution in [0.5, 0.6) is 0 Å². The van der Waals surface area contributed by atoms with Crippen LogP contribution in [0, 0.1) is 11.7 Å². The number of carbonyl (C=O) groups is 1. The van der Waals surface area contributed by atoms with Crippen molar-refractivity contribution in [3.05, 3.63) is 101 Å². The van der Waals surface area contributed by atoms with Gasteiger partial charge in [0.15, 0.2) is 9.84 Å². The molecule has 2 atom stereocenters. The summed E-state index contributed by atoms with van der Waals surface area (Å²) in [5, 5.41) is 0. The molecule has 0 saturated heterocycles.